The molecular weight excluding hydrogens is 492 g/mol. The number of aromatic nitrogens is 3. The van der Waals surface area contributed by atoms with Crippen LogP contribution in [-0.4, -0.2) is 38.0 Å². The van der Waals surface area contributed by atoms with E-state index in [1.54, 1.807) is 41.9 Å². The van der Waals surface area contributed by atoms with Gasteiger partial charge in [0, 0.05) is 28.6 Å². The van der Waals surface area contributed by atoms with Crippen LogP contribution in [0.5, 0.6) is 0 Å². The SMILES string of the molecule is CC(=O)c1ccc(NC(=O)CSc2ncnc3c2sc2nc(C(C)C)c4c(c23)CC(C)(C)OC4)cc1. The lowest BCUT2D eigenvalue weighted by molar-refractivity contribution is -0.113. The normalized spacial score (nSPS) is 14.8. The molecule has 0 saturated heterocycles. The molecule has 0 aliphatic carbocycles. The minimum atomic E-state index is -0.255. The molecule has 5 rings (SSSR count). The number of ketones is 1. The van der Waals surface area contributed by atoms with Gasteiger partial charge in [-0.05, 0) is 56.5 Å². The number of benzene rings is 1. The molecular formula is C27H28N4O3S2. The maximum Gasteiger partial charge on any atom is 0.234 e. The highest BCUT2D eigenvalue weighted by molar-refractivity contribution is 8.00. The summed E-state index contributed by atoms with van der Waals surface area (Å²) in [6, 6.07) is 6.89. The molecule has 0 bridgehead atoms. The van der Waals surface area contributed by atoms with Crippen molar-refractivity contribution in [3.63, 3.8) is 0 Å². The van der Waals surface area contributed by atoms with Crippen molar-refractivity contribution < 1.29 is 14.3 Å². The van der Waals surface area contributed by atoms with E-state index in [1.165, 1.54) is 29.8 Å². The minimum Gasteiger partial charge on any atom is -0.370 e. The largest absolute Gasteiger partial charge is 0.370 e. The van der Waals surface area contributed by atoms with Crippen LogP contribution < -0.4 is 5.32 Å². The number of anilines is 1. The summed E-state index contributed by atoms with van der Waals surface area (Å²) in [6.07, 6.45) is 2.37. The van der Waals surface area contributed by atoms with Gasteiger partial charge in [-0.15, -0.1) is 11.3 Å². The zero-order valence-electron chi connectivity index (χ0n) is 21.0. The van der Waals surface area contributed by atoms with Crippen LogP contribution in [0.4, 0.5) is 5.69 Å². The number of pyridine rings is 1. The summed E-state index contributed by atoms with van der Waals surface area (Å²) in [5.41, 5.74) is 5.44. The zero-order chi connectivity index (χ0) is 25.6. The summed E-state index contributed by atoms with van der Waals surface area (Å²) in [4.78, 5) is 39.3. The predicted octanol–water partition coefficient (Wildman–Crippen LogP) is 6.15. The van der Waals surface area contributed by atoms with Crippen LogP contribution in [0.3, 0.4) is 0 Å². The van der Waals surface area contributed by atoms with E-state index in [0.717, 1.165) is 37.6 Å². The molecule has 0 saturated carbocycles. The highest BCUT2D eigenvalue weighted by Gasteiger charge is 2.32. The Morgan fingerprint density at radius 3 is 2.61 bits per heavy atom. The summed E-state index contributed by atoms with van der Waals surface area (Å²) in [6.45, 7) is 10.6. The molecule has 0 spiro atoms. The van der Waals surface area contributed by atoms with Gasteiger partial charge in [0.15, 0.2) is 5.78 Å². The monoisotopic (exact) mass is 520 g/mol. The van der Waals surface area contributed by atoms with Crippen molar-refractivity contribution in [3.8, 4) is 0 Å². The molecule has 0 atom stereocenters. The molecule has 1 aromatic carbocycles. The summed E-state index contributed by atoms with van der Waals surface area (Å²) in [5.74, 6) is 0.344. The van der Waals surface area contributed by atoms with Crippen LogP contribution >= 0.6 is 23.1 Å². The molecule has 7 nitrogen and oxygen atoms in total. The number of nitrogens with zero attached hydrogens (tertiary/aromatic N) is 3. The quantitative estimate of drug-likeness (QED) is 0.185. The molecule has 1 aliphatic rings. The number of carbonyl (C=O) groups excluding carboxylic acids is 2. The van der Waals surface area contributed by atoms with Crippen LogP contribution in [0.2, 0.25) is 0 Å². The van der Waals surface area contributed by atoms with Crippen molar-refractivity contribution in [2.24, 2.45) is 0 Å². The first-order valence-electron chi connectivity index (χ1n) is 11.9. The molecule has 0 fully saturated rings. The zero-order valence-corrected chi connectivity index (χ0v) is 22.6. The molecule has 9 heteroatoms. The van der Waals surface area contributed by atoms with Crippen molar-refractivity contribution in [2.75, 3.05) is 11.1 Å². The van der Waals surface area contributed by atoms with Gasteiger partial charge in [-0.3, -0.25) is 9.59 Å². The van der Waals surface area contributed by atoms with Gasteiger partial charge in [-0.2, -0.15) is 0 Å². The Labute approximate surface area is 218 Å². The van der Waals surface area contributed by atoms with Crippen molar-refractivity contribution in [1.82, 2.24) is 15.0 Å². The third-order valence-corrected chi connectivity index (χ3v) is 8.49. The number of fused-ring (bicyclic) bond motifs is 5. The molecule has 0 radical (unpaired) electrons. The van der Waals surface area contributed by atoms with E-state index in [0.29, 0.717) is 17.9 Å². The number of nitrogens with one attached hydrogen (secondary N) is 1. The maximum atomic E-state index is 12.6. The summed E-state index contributed by atoms with van der Waals surface area (Å²) < 4.78 is 7.10. The maximum absolute atomic E-state index is 12.6. The van der Waals surface area contributed by atoms with Gasteiger partial charge < -0.3 is 10.1 Å². The smallest absolute Gasteiger partial charge is 0.234 e. The second-order valence-corrected chi connectivity index (χ2v) is 11.9. The second kappa shape index (κ2) is 9.53. The van der Waals surface area contributed by atoms with Gasteiger partial charge in [0.2, 0.25) is 5.91 Å². The lowest BCUT2D eigenvalue weighted by atomic mass is 9.87. The first-order chi connectivity index (χ1) is 17.1. The van der Waals surface area contributed by atoms with Crippen LogP contribution in [0, 0.1) is 0 Å². The van der Waals surface area contributed by atoms with Crippen LogP contribution in [0.15, 0.2) is 35.6 Å². The number of hydrogen-bond donors (Lipinski definition) is 1. The fourth-order valence-corrected chi connectivity index (χ4v) is 6.55. The first-order valence-corrected chi connectivity index (χ1v) is 13.7. The number of amides is 1. The molecule has 1 aliphatic heterocycles. The molecule has 186 valence electrons. The van der Waals surface area contributed by atoms with Crippen molar-refractivity contribution in [1.29, 1.82) is 0 Å². The fraction of sp³-hybridized carbons (Fsp3) is 0.370. The van der Waals surface area contributed by atoms with E-state index in [9.17, 15) is 9.59 Å². The lowest BCUT2D eigenvalue weighted by Crippen LogP contribution is -2.32. The fourth-order valence-electron chi connectivity index (χ4n) is 4.51. The van der Waals surface area contributed by atoms with Crippen LogP contribution in [0.1, 0.15) is 67.7 Å². The van der Waals surface area contributed by atoms with E-state index in [1.807, 2.05) is 0 Å². The number of ether oxygens (including phenoxy) is 1. The average Bonchev–Trinajstić information content (AvgIpc) is 3.21. The number of thiophene rings is 1. The van der Waals surface area contributed by atoms with Crippen molar-refractivity contribution in [3.05, 3.63) is 53.0 Å². The van der Waals surface area contributed by atoms with Gasteiger partial charge >= 0.3 is 0 Å². The third-order valence-electron chi connectivity index (χ3n) is 6.29. The Hall–Kier alpha value is -2.88. The van der Waals surface area contributed by atoms with Crippen LogP contribution in [0.25, 0.3) is 20.4 Å². The predicted molar refractivity (Wildman–Crippen MR) is 145 cm³/mol. The van der Waals surface area contributed by atoms with Gasteiger partial charge in [0.25, 0.3) is 0 Å². The highest BCUT2D eigenvalue weighted by atomic mass is 32.2. The highest BCUT2D eigenvalue weighted by Crippen LogP contribution is 2.43. The summed E-state index contributed by atoms with van der Waals surface area (Å²) in [5, 5.41) is 4.75. The van der Waals surface area contributed by atoms with E-state index in [4.69, 9.17) is 9.72 Å². The number of Topliss-reactive ketones (excluding diaryl/α,β-unsaturated/α-hetero) is 1. The Kier molecular flexibility index (Phi) is 6.57. The van der Waals surface area contributed by atoms with E-state index >= 15 is 0 Å². The second-order valence-electron chi connectivity index (χ2n) is 9.94. The molecule has 3 aromatic heterocycles. The van der Waals surface area contributed by atoms with E-state index in [2.05, 4.69) is 43.0 Å². The van der Waals surface area contributed by atoms with Crippen LogP contribution in [-0.2, 0) is 22.6 Å². The Balaban J connectivity index is 1.45. The topological polar surface area (TPSA) is 94.1 Å². The average molecular weight is 521 g/mol. The number of hydrogen-bond acceptors (Lipinski definition) is 8. The van der Waals surface area contributed by atoms with Gasteiger partial charge in [-0.1, -0.05) is 25.6 Å². The van der Waals surface area contributed by atoms with E-state index < -0.39 is 0 Å². The Bertz CT molecular complexity index is 1490. The van der Waals surface area contributed by atoms with Crippen molar-refractivity contribution in [2.45, 2.75) is 64.2 Å². The Morgan fingerprint density at radius 1 is 1.17 bits per heavy atom. The molecule has 1 amide bonds. The van der Waals surface area contributed by atoms with E-state index in [-0.39, 0.29) is 29.0 Å². The van der Waals surface area contributed by atoms with Gasteiger partial charge in [0.1, 0.15) is 16.2 Å². The molecule has 1 N–H and O–H groups in total. The van der Waals surface area contributed by atoms with Crippen molar-refractivity contribution >= 4 is 60.9 Å². The molecule has 36 heavy (non-hydrogen) atoms. The van der Waals surface area contributed by atoms with Gasteiger partial charge in [0.05, 0.1) is 33.9 Å². The number of thioether (sulfide) groups is 1. The summed E-state index contributed by atoms with van der Waals surface area (Å²) in [7, 11) is 0. The lowest BCUT2D eigenvalue weighted by Gasteiger charge is -2.33. The minimum absolute atomic E-state index is 0.00750. The van der Waals surface area contributed by atoms with Gasteiger partial charge in [-0.25, -0.2) is 15.0 Å². The molecule has 4 heterocycles. The Morgan fingerprint density at radius 2 is 1.92 bits per heavy atom. The standard InChI is InChI=1S/C27H28N4O3S2/c1-14(2)22-19-11-34-27(4,5)10-18(19)21-23-24(36-25(21)31-22)26(29-13-28-23)35-12-20(33)30-17-8-6-16(7-9-17)15(3)32/h6-9,13-14H,10-12H2,1-5H3,(H,30,33). The summed E-state index contributed by atoms with van der Waals surface area (Å²) >= 11 is 2.98. The first kappa shape index (κ1) is 24.8. The number of carbonyl (C=O) groups is 2. The molecule has 4 aromatic rings. The molecule has 0 unspecified atom stereocenters. The third kappa shape index (κ3) is 4.75. The number of rotatable bonds is 6.